The van der Waals surface area contributed by atoms with E-state index in [-0.39, 0.29) is 0 Å². The topological polar surface area (TPSA) is 35.5 Å². The fourth-order valence-electron chi connectivity index (χ4n) is 2.08. The second kappa shape index (κ2) is 5.52. The van der Waals surface area contributed by atoms with Gasteiger partial charge < -0.3 is 10.4 Å². The highest BCUT2D eigenvalue weighted by molar-refractivity contribution is 5.26. The van der Waals surface area contributed by atoms with Gasteiger partial charge >= 0.3 is 0 Å². The van der Waals surface area contributed by atoms with Crippen LogP contribution in [0.4, 0.5) is 0 Å². The molecule has 0 spiro atoms. The summed E-state index contributed by atoms with van der Waals surface area (Å²) in [6.45, 7) is 4.06. The smallest absolute Gasteiger partial charge is 0.115 e. The zero-order chi connectivity index (χ0) is 12.3. The number of aromatic hydroxyl groups is 1. The third-order valence-electron chi connectivity index (χ3n) is 3.50. The van der Waals surface area contributed by atoms with E-state index in [0.29, 0.717) is 11.8 Å². The van der Waals surface area contributed by atoms with Gasteiger partial charge in [-0.1, -0.05) is 12.1 Å². The lowest BCUT2D eigenvalue weighted by molar-refractivity contribution is 0.241. The molecular weight excluding hydrogens is 212 g/mol. The Labute approximate surface area is 103 Å². The minimum atomic E-state index is 0.340. The summed E-state index contributed by atoms with van der Waals surface area (Å²) >= 11 is 0. The monoisotopic (exact) mass is 234 g/mol. The summed E-state index contributed by atoms with van der Waals surface area (Å²) in [5.74, 6) is 0.340. The molecule has 0 bridgehead atoms. The minimum absolute atomic E-state index is 0.340. The largest absolute Gasteiger partial charge is 0.508 e. The highest BCUT2D eigenvalue weighted by Gasteiger charge is 2.28. The number of benzene rings is 1. The Morgan fingerprint density at radius 2 is 2.24 bits per heavy atom. The second-order valence-corrected chi connectivity index (χ2v) is 5.05. The van der Waals surface area contributed by atoms with E-state index < -0.39 is 0 Å². The van der Waals surface area contributed by atoms with Gasteiger partial charge in [-0.25, -0.2) is 0 Å². The molecule has 1 aromatic carbocycles. The number of nitrogens with zero attached hydrogens (tertiary/aromatic N) is 1. The van der Waals surface area contributed by atoms with E-state index in [1.54, 1.807) is 6.07 Å². The third-order valence-corrected chi connectivity index (χ3v) is 3.50. The van der Waals surface area contributed by atoms with Gasteiger partial charge in [0, 0.05) is 25.2 Å². The standard InChI is InChI=1S/C14H22N2O/c1-11(16(2)13-6-7-13)9-15-10-12-4-3-5-14(17)8-12/h3-5,8,11,13,15,17H,6-7,9-10H2,1-2H3. The lowest BCUT2D eigenvalue weighted by atomic mass is 10.2. The van der Waals surface area contributed by atoms with E-state index in [1.807, 2.05) is 18.2 Å². The number of nitrogens with one attached hydrogen (secondary N) is 1. The zero-order valence-corrected chi connectivity index (χ0v) is 10.7. The van der Waals surface area contributed by atoms with Crippen molar-refractivity contribution in [1.29, 1.82) is 0 Å². The van der Waals surface area contributed by atoms with E-state index in [4.69, 9.17) is 0 Å². The maximum Gasteiger partial charge on any atom is 0.115 e. The predicted molar refractivity (Wildman–Crippen MR) is 70.1 cm³/mol. The Morgan fingerprint density at radius 3 is 2.88 bits per heavy atom. The van der Waals surface area contributed by atoms with Crippen LogP contribution in [0.5, 0.6) is 5.75 Å². The molecule has 2 rings (SSSR count). The SMILES string of the molecule is CC(CNCc1cccc(O)c1)N(C)C1CC1. The third kappa shape index (κ3) is 3.72. The Kier molecular flexibility index (Phi) is 4.02. The molecule has 0 heterocycles. The molecule has 0 radical (unpaired) electrons. The lowest BCUT2D eigenvalue weighted by Gasteiger charge is -2.24. The van der Waals surface area contributed by atoms with Crippen molar-refractivity contribution in [2.45, 2.75) is 38.4 Å². The van der Waals surface area contributed by atoms with Crippen LogP contribution in [0.25, 0.3) is 0 Å². The van der Waals surface area contributed by atoms with Crippen molar-refractivity contribution in [3.8, 4) is 5.75 Å². The fourth-order valence-corrected chi connectivity index (χ4v) is 2.08. The van der Waals surface area contributed by atoms with Gasteiger partial charge in [-0.05, 0) is 44.5 Å². The molecule has 0 amide bonds. The first kappa shape index (κ1) is 12.4. The molecular formula is C14H22N2O. The first-order valence-corrected chi connectivity index (χ1v) is 6.37. The molecule has 0 aliphatic heterocycles. The molecule has 0 saturated heterocycles. The van der Waals surface area contributed by atoms with Crippen LogP contribution in [0.15, 0.2) is 24.3 Å². The summed E-state index contributed by atoms with van der Waals surface area (Å²) in [6, 6.07) is 8.80. The van der Waals surface area contributed by atoms with Gasteiger partial charge in [0.05, 0.1) is 0 Å². The Balaban J connectivity index is 1.71. The first-order chi connectivity index (χ1) is 8.16. The number of likely N-dealkylation sites (N-methyl/N-ethyl adjacent to an activating group) is 1. The van der Waals surface area contributed by atoms with Crippen LogP contribution in [0.3, 0.4) is 0 Å². The van der Waals surface area contributed by atoms with E-state index >= 15 is 0 Å². The van der Waals surface area contributed by atoms with Crippen LogP contribution in [-0.4, -0.2) is 35.7 Å². The van der Waals surface area contributed by atoms with Crippen LogP contribution >= 0.6 is 0 Å². The van der Waals surface area contributed by atoms with Crippen molar-refractivity contribution < 1.29 is 5.11 Å². The maximum absolute atomic E-state index is 9.35. The molecule has 0 aromatic heterocycles. The van der Waals surface area contributed by atoms with Crippen LogP contribution in [0.1, 0.15) is 25.3 Å². The normalized spacial score (nSPS) is 17.4. The van der Waals surface area contributed by atoms with E-state index in [2.05, 4.69) is 24.2 Å². The van der Waals surface area contributed by atoms with Crippen LogP contribution in [0, 0.1) is 0 Å². The fraction of sp³-hybridized carbons (Fsp3) is 0.571. The average molecular weight is 234 g/mol. The van der Waals surface area contributed by atoms with Crippen molar-refractivity contribution in [3.63, 3.8) is 0 Å². The van der Waals surface area contributed by atoms with Crippen LogP contribution in [0.2, 0.25) is 0 Å². The van der Waals surface area contributed by atoms with Gasteiger partial charge in [-0.3, -0.25) is 4.90 Å². The Bertz CT molecular complexity index is 363. The van der Waals surface area contributed by atoms with E-state index in [9.17, 15) is 5.11 Å². The molecule has 1 unspecified atom stereocenters. The molecule has 1 aliphatic carbocycles. The summed E-state index contributed by atoms with van der Waals surface area (Å²) in [5, 5.41) is 12.8. The molecule has 1 atom stereocenters. The Morgan fingerprint density at radius 1 is 1.47 bits per heavy atom. The van der Waals surface area contributed by atoms with Crippen molar-refractivity contribution in [3.05, 3.63) is 29.8 Å². The molecule has 2 N–H and O–H groups in total. The maximum atomic E-state index is 9.35. The molecule has 1 aliphatic rings. The van der Waals surface area contributed by atoms with Gasteiger partial charge in [0.1, 0.15) is 5.75 Å². The van der Waals surface area contributed by atoms with E-state index in [0.717, 1.165) is 24.7 Å². The number of hydrogen-bond acceptors (Lipinski definition) is 3. The average Bonchev–Trinajstić information content (AvgIpc) is 3.12. The molecule has 3 nitrogen and oxygen atoms in total. The van der Waals surface area contributed by atoms with E-state index in [1.165, 1.54) is 12.8 Å². The van der Waals surface area contributed by atoms with Gasteiger partial charge in [-0.2, -0.15) is 0 Å². The molecule has 94 valence electrons. The molecule has 17 heavy (non-hydrogen) atoms. The summed E-state index contributed by atoms with van der Waals surface area (Å²) in [4.78, 5) is 2.45. The minimum Gasteiger partial charge on any atom is -0.508 e. The van der Waals surface area contributed by atoms with Crippen LogP contribution < -0.4 is 5.32 Å². The van der Waals surface area contributed by atoms with Gasteiger partial charge in [-0.15, -0.1) is 0 Å². The predicted octanol–water partition coefficient (Wildman–Crippen LogP) is 1.96. The first-order valence-electron chi connectivity index (χ1n) is 6.37. The summed E-state index contributed by atoms with van der Waals surface area (Å²) in [7, 11) is 2.21. The number of phenols is 1. The second-order valence-electron chi connectivity index (χ2n) is 5.05. The number of rotatable bonds is 6. The van der Waals surface area contributed by atoms with Gasteiger partial charge in [0.15, 0.2) is 0 Å². The zero-order valence-electron chi connectivity index (χ0n) is 10.7. The van der Waals surface area contributed by atoms with Crippen molar-refractivity contribution in [2.24, 2.45) is 0 Å². The lowest BCUT2D eigenvalue weighted by Crippen LogP contribution is -2.38. The molecule has 1 fully saturated rings. The summed E-state index contributed by atoms with van der Waals surface area (Å²) in [5.41, 5.74) is 1.13. The summed E-state index contributed by atoms with van der Waals surface area (Å²) < 4.78 is 0. The molecule has 1 aromatic rings. The highest BCUT2D eigenvalue weighted by Crippen LogP contribution is 2.26. The number of phenolic OH excluding ortho intramolecular Hbond substituents is 1. The molecule has 1 saturated carbocycles. The quantitative estimate of drug-likeness (QED) is 0.790. The van der Waals surface area contributed by atoms with Gasteiger partial charge in [0.2, 0.25) is 0 Å². The van der Waals surface area contributed by atoms with Crippen molar-refractivity contribution in [2.75, 3.05) is 13.6 Å². The number of hydrogen-bond donors (Lipinski definition) is 2. The van der Waals surface area contributed by atoms with Crippen molar-refractivity contribution >= 4 is 0 Å². The Hall–Kier alpha value is -1.06. The van der Waals surface area contributed by atoms with Crippen LogP contribution in [-0.2, 0) is 6.54 Å². The van der Waals surface area contributed by atoms with Crippen molar-refractivity contribution in [1.82, 2.24) is 10.2 Å². The molecule has 3 heteroatoms. The highest BCUT2D eigenvalue weighted by atomic mass is 16.3. The summed E-state index contributed by atoms with van der Waals surface area (Å²) in [6.07, 6.45) is 2.71. The van der Waals surface area contributed by atoms with Gasteiger partial charge in [0.25, 0.3) is 0 Å².